The van der Waals surface area contributed by atoms with Crippen molar-refractivity contribution in [3.63, 3.8) is 0 Å². The Labute approximate surface area is 121 Å². The molecule has 0 aliphatic carbocycles. The number of hydrogen-bond donors (Lipinski definition) is 1. The van der Waals surface area contributed by atoms with Gasteiger partial charge < -0.3 is 15.1 Å². The summed E-state index contributed by atoms with van der Waals surface area (Å²) in [5.74, 6) is -0.0233. The number of hydrogen-bond acceptors (Lipinski definition) is 5. The van der Waals surface area contributed by atoms with E-state index in [0.717, 1.165) is 39.0 Å². The third-order valence-electron chi connectivity index (χ3n) is 3.88. The van der Waals surface area contributed by atoms with E-state index in [1.54, 1.807) is 15.8 Å². The molecule has 2 aliphatic rings. The molecule has 1 aromatic rings. The first kappa shape index (κ1) is 13.5. The summed E-state index contributed by atoms with van der Waals surface area (Å²) in [6.45, 7) is 3.78. The molecule has 0 bridgehead atoms. The zero-order chi connectivity index (χ0) is 13.9. The van der Waals surface area contributed by atoms with Gasteiger partial charge in [0.25, 0.3) is 5.91 Å². The second kappa shape index (κ2) is 5.88. The summed E-state index contributed by atoms with van der Waals surface area (Å²) in [6, 6.07) is -0.303. The Bertz CT molecular complexity index is 485. The van der Waals surface area contributed by atoms with Gasteiger partial charge in [0.15, 0.2) is 0 Å². The maximum absolute atomic E-state index is 12.6. The van der Waals surface area contributed by atoms with Gasteiger partial charge in [-0.1, -0.05) is 0 Å². The highest BCUT2D eigenvalue weighted by Gasteiger charge is 2.37. The van der Waals surface area contributed by atoms with E-state index < -0.39 is 0 Å². The number of carbonyl (C=O) groups is 2. The van der Waals surface area contributed by atoms with Crippen molar-refractivity contribution in [2.75, 3.05) is 32.7 Å². The van der Waals surface area contributed by atoms with Crippen LogP contribution in [0.3, 0.4) is 0 Å². The second-order valence-corrected chi connectivity index (χ2v) is 5.82. The second-order valence-electron chi connectivity index (χ2n) is 5.11. The molecular formula is C13H18N4O2S. The minimum atomic E-state index is -0.303. The highest BCUT2D eigenvalue weighted by molar-refractivity contribution is 7.07. The SMILES string of the molecule is O=C(C1CCCN1C(=O)c1cscn1)N1CCNCC1. The van der Waals surface area contributed by atoms with E-state index in [-0.39, 0.29) is 17.9 Å². The lowest BCUT2D eigenvalue weighted by molar-refractivity contribution is -0.135. The molecule has 1 N–H and O–H groups in total. The number of amides is 2. The van der Waals surface area contributed by atoms with Crippen molar-refractivity contribution in [3.05, 3.63) is 16.6 Å². The molecule has 1 atom stereocenters. The first-order chi connectivity index (χ1) is 9.77. The molecule has 0 spiro atoms. The van der Waals surface area contributed by atoms with Crippen LogP contribution in [0.1, 0.15) is 23.3 Å². The summed E-state index contributed by atoms with van der Waals surface area (Å²) in [4.78, 5) is 32.6. The summed E-state index contributed by atoms with van der Waals surface area (Å²) in [7, 11) is 0. The Hall–Kier alpha value is -1.47. The number of nitrogens with one attached hydrogen (secondary N) is 1. The number of nitrogens with zero attached hydrogens (tertiary/aromatic N) is 3. The van der Waals surface area contributed by atoms with Crippen LogP contribution in [-0.4, -0.2) is 65.4 Å². The van der Waals surface area contributed by atoms with Crippen LogP contribution in [-0.2, 0) is 4.79 Å². The Morgan fingerprint density at radius 1 is 1.30 bits per heavy atom. The van der Waals surface area contributed by atoms with Gasteiger partial charge in [0.2, 0.25) is 5.91 Å². The summed E-state index contributed by atoms with van der Waals surface area (Å²) in [5.41, 5.74) is 2.10. The molecule has 6 nitrogen and oxygen atoms in total. The van der Waals surface area contributed by atoms with Gasteiger partial charge in [0.1, 0.15) is 11.7 Å². The van der Waals surface area contributed by atoms with Crippen LogP contribution < -0.4 is 5.32 Å². The molecule has 20 heavy (non-hydrogen) atoms. The van der Waals surface area contributed by atoms with Crippen LogP contribution in [0.5, 0.6) is 0 Å². The van der Waals surface area contributed by atoms with Crippen molar-refractivity contribution in [2.24, 2.45) is 0 Å². The first-order valence-electron chi connectivity index (χ1n) is 6.96. The van der Waals surface area contributed by atoms with Gasteiger partial charge in [0, 0.05) is 38.1 Å². The van der Waals surface area contributed by atoms with Crippen molar-refractivity contribution in [1.82, 2.24) is 20.1 Å². The van der Waals surface area contributed by atoms with Crippen LogP contribution in [0.25, 0.3) is 0 Å². The molecule has 0 aromatic carbocycles. The molecule has 0 radical (unpaired) electrons. The van der Waals surface area contributed by atoms with Crippen molar-refractivity contribution in [3.8, 4) is 0 Å². The molecule has 3 rings (SSSR count). The zero-order valence-corrected chi connectivity index (χ0v) is 12.1. The predicted molar refractivity (Wildman–Crippen MR) is 75.6 cm³/mol. The summed E-state index contributed by atoms with van der Waals surface area (Å²) >= 11 is 1.40. The van der Waals surface area contributed by atoms with Crippen molar-refractivity contribution in [1.29, 1.82) is 0 Å². The fourth-order valence-electron chi connectivity index (χ4n) is 2.83. The minimum Gasteiger partial charge on any atom is -0.338 e. The van der Waals surface area contributed by atoms with Gasteiger partial charge in [-0.25, -0.2) is 4.98 Å². The van der Waals surface area contributed by atoms with E-state index in [1.165, 1.54) is 11.3 Å². The molecule has 1 aromatic heterocycles. The fourth-order valence-corrected chi connectivity index (χ4v) is 3.35. The average Bonchev–Trinajstić information content (AvgIpc) is 3.18. The van der Waals surface area contributed by atoms with Gasteiger partial charge in [-0.05, 0) is 12.8 Å². The smallest absolute Gasteiger partial charge is 0.274 e. The molecule has 2 saturated heterocycles. The van der Waals surface area contributed by atoms with E-state index in [4.69, 9.17) is 0 Å². The Balaban J connectivity index is 1.71. The number of piperazine rings is 1. The lowest BCUT2D eigenvalue weighted by atomic mass is 10.1. The van der Waals surface area contributed by atoms with Crippen molar-refractivity contribution < 1.29 is 9.59 Å². The van der Waals surface area contributed by atoms with Gasteiger partial charge >= 0.3 is 0 Å². The highest BCUT2D eigenvalue weighted by atomic mass is 32.1. The molecule has 7 heteroatoms. The number of aromatic nitrogens is 1. The van der Waals surface area contributed by atoms with Crippen LogP contribution in [0, 0.1) is 0 Å². The molecule has 3 heterocycles. The van der Waals surface area contributed by atoms with E-state index in [2.05, 4.69) is 10.3 Å². The minimum absolute atomic E-state index is 0.0904. The number of likely N-dealkylation sites (tertiary alicyclic amines) is 1. The molecular weight excluding hydrogens is 276 g/mol. The quantitative estimate of drug-likeness (QED) is 0.845. The van der Waals surface area contributed by atoms with Gasteiger partial charge in [0.05, 0.1) is 5.51 Å². The molecule has 108 valence electrons. The van der Waals surface area contributed by atoms with Gasteiger partial charge in [-0.2, -0.15) is 0 Å². The van der Waals surface area contributed by atoms with E-state index in [1.807, 2.05) is 4.90 Å². The molecule has 2 amide bonds. The summed E-state index contributed by atoms with van der Waals surface area (Å²) in [6.07, 6.45) is 1.65. The van der Waals surface area contributed by atoms with Gasteiger partial charge in [-0.3, -0.25) is 9.59 Å². The first-order valence-corrected chi connectivity index (χ1v) is 7.90. The lowest BCUT2D eigenvalue weighted by Crippen LogP contribution is -2.53. The molecule has 2 fully saturated rings. The fraction of sp³-hybridized carbons (Fsp3) is 0.615. The molecule has 0 saturated carbocycles. The number of rotatable bonds is 2. The number of thiazole rings is 1. The maximum atomic E-state index is 12.6. The Morgan fingerprint density at radius 3 is 2.80 bits per heavy atom. The lowest BCUT2D eigenvalue weighted by Gasteiger charge is -2.32. The van der Waals surface area contributed by atoms with Crippen LogP contribution in [0.2, 0.25) is 0 Å². The van der Waals surface area contributed by atoms with E-state index in [0.29, 0.717) is 12.2 Å². The Morgan fingerprint density at radius 2 is 2.10 bits per heavy atom. The third kappa shape index (κ3) is 2.55. The van der Waals surface area contributed by atoms with Crippen molar-refractivity contribution in [2.45, 2.75) is 18.9 Å². The average molecular weight is 294 g/mol. The third-order valence-corrected chi connectivity index (χ3v) is 4.47. The van der Waals surface area contributed by atoms with Crippen LogP contribution in [0.15, 0.2) is 10.9 Å². The normalized spacial score (nSPS) is 23.1. The summed E-state index contributed by atoms with van der Waals surface area (Å²) in [5, 5.41) is 4.98. The molecule has 2 aliphatic heterocycles. The zero-order valence-electron chi connectivity index (χ0n) is 11.2. The standard InChI is InChI=1S/C13H18N4O2S/c18-12(10-8-20-9-15-10)17-5-1-2-11(17)13(19)16-6-3-14-4-7-16/h8-9,11,14H,1-7H2. The molecule has 1 unspecified atom stereocenters. The predicted octanol–water partition coefficient (Wildman–Crippen LogP) is 0.180. The van der Waals surface area contributed by atoms with Crippen molar-refractivity contribution >= 4 is 23.2 Å². The largest absolute Gasteiger partial charge is 0.338 e. The number of carbonyl (C=O) groups excluding carboxylic acids is 2. The van der Waals surface area contributed by atoms with E-state index >= 15 is 0 Å². The topological polar surface area (TPSA) is 65.5 Å². The van der Waals surface area contributed by atoms with E-state index in [9.17, 15) is 9.59 Å². The Kier molecular flexibility index (Phi) is 3.98. The van der Waals surface area contributed by atoms with Crippen LogP contribution >= 0.6 is 11.3 Å². The van der Waals surface area contributed by atoms with Crippen LogP contribution in [0.4, 0.5) is 0 Å². The monoisotopic (exact) mass is 294 g/mol. The summed E-state index contributed by atoms with van der Waals surface area (Å²) < 4.78 is 0. The van der Waals surface area contributed by atoms with Gasteiger partial charge in [-0.15, -0.1) is 11.3 Å². The maximum Gasteiger partial charge on any atom is 0.274 e. The highest BCUT2D eigenvalue weighted by Crippen LogP contribution is 2.22.